The molecule has 6 nitrogen and oxygen atoms in total. The third-order valence-corrected chi connectivity index (χ3v) is 4.93. The monoisotopic (exact) mass is 295 g/mol. The van der Waals surface area contributed by atoms with Crippen molar-refractivity contribution in [2.75, 3.05) is 6.54 Å². The highest BCUT2D eigenvalue weighted by molar-refractivity contribution is 6.04. The number of imide groups is 1. The summed E-state index contributed by atoms with van der Waals surface area (Å²) in [5.41, 5.74) is 6.10. The largest absolute Gasteiger partial charge is 0.327 e. The number of rotatable bonds is 2. The lowest BCUT2D eigenvalue weighted by molar-refractivity contribution is -0.154. The summed E-state index contributed by atoms with van der Waals surface area (Å²) in [5, 5.41) is 2.30. The summed E-state index contributed by atoms with van der Waals surface area (Å²) < 4.78 is 0. The van der Waals surface area contributed by atoms with E-state index in [4.69, 9.17) is 5.73 Å². The Morgan fingerprint density at radius 3 is 2.57 bits per heavy atom. The molecule has 3 amide bonds. The molecule has 2 rings (SSSR count). The van der Waals surface area contributed by atoms with E-state index in [1.807, 2.05) is 6.92 Å². The first kappa shape index (κ1) is 15.9. The summed E-state index contributed by atoms with van der Waals surface area (Å²) >= 11 is 0. The zero-order valence-corrected chi connectivity index (χ0v) is 13.0. The van der Waals surface area contributed by atoms with Gasteiger partial charge in [-0.1, -0.05) is 20.8 Å². The molecule has 1 saturated carbocycles. The van der Waals surface area contributed by atoms with Crippen molar-refractivity contribution in [2.45, 2.75) is 52.1 Å². The minimum absolute atomic E-state index is 0.00421. The van der Waals surface area contributed by atoms with E-state index in [2.05, 4.69) is 19.2 Å². The number of piperazine rings is 1. The van der Waals surface area contributed by atoms with E-state index in [-0.39, 0.29) is 36.2 Å². The molecular formula is C15H25N3O3. The smallest absolute Gasteiger partial charge is 0.249 e. The van der Waals surface area contributed by atoms with Crippen LogP contribution in [-0.2, 0) is 14.4 Å². The van der Waals surface area contributed by atoms with Gasteiger partial charge in [0.2, 0.25) is 17.7 Å². The molecule has 5 unspecified atom stereocenters. The van der Waals surface area contributed by atoms with Crippen molar-refractivity contribution in [3.8, 4) is 0 Å². The maximum absolute atomic E-state index is 12.8. The molecule has 0 radical (unpaired) electrons. The number of nitrogens with two attached hydrogens (primary N) is 1. The zero-order chi connectivity index (χ0) is 15.7. The highest BCUT2D eigenvalue weighted by atomic mass is 16.2. The van der Waals surface area contributed by atoms with Crippen molar-refractivity contribution >= 4 is 17.7 Å². The third kappa shape index (κ3) is 3.10. The second-order valence-electron chi connectivity index (χ2n) is 6.50. The van der Waals surface area contributed by atoms with Gasteiger partial charge in [0, 0.05) is 12.0 Å². The van der Waals surface area contributed by atoms with Crippen LogP contribution in [0.2, 0.25) is 0 Å². The van der Waals surface area contributed by atoms with E-state index >= 15 is 0 Å². The molecule has 3 N–H and O–H groups in total. The van der Waals surface area contributed by atoms with Gasteiger partial charge in [-0.3, -0.25) is 19.7 Å². The summed E-state index contributed by atoms with van der Waals surface area (Å²) in [6, 6.07) is -0.539. The Morgan fingerprint density at radius 2 is 1.95 bits per heavy atom. The molecule has 21 heavy (non-hydrogen) atoms. The van der Waals surface area contributed by atoms with Crippen LogP contribution in [0.4, 0.5) is 0 Å². The summed E-state index contributed by atoms with van der Waals surface area (Å²) in [4.78, 5) is 37.7. The molecule has 1 aliphatic carbocycles. The molecule has 0 spiro atoms. The topological polar surface area (TPSA) is 92.5 Å². The van der Waals surface area contributed by atoms with Crippen molar-refractivity contribution < 1.29 is 14.4 Å². The van der Waals surface area contributed by atoms with Crippen molar-refractivity contribution in [2.24, 2.45) is 23.5 Å². The third-order valence-electron chi connectivity index (χ3n) is 4.93. The molecule has 118 valence electrons. The van der Waals surface area contributed by atoms with Crippen molar-refractivity contribution in [1.29, 1.82) is 0 Å². The lowest BCUT2D eigenvalue weighted by Crippen LogP contribution is -2.61. The SMILES string of the molecule is CCC1C(=O)NC(=O)CN1C(=O)C1CC(N)C(C)CC1C. The lowest BCUT2D eigenvalue weighted by atomic mass is 9.72. The van der Waals surface area contributed by atoms with E-state index in [9.17, 15) is 14.4 Å². The summed E-state index contributed by atoms with van der Waals surface area (Å²) in [5.74, 6) is -0.437. The first-order valence-corrected chi connectivity index (χ1v) is 7.74. The number of hydrogen-bond donors (Lipinski definition) is 2. The summed E-state index contributed by atoms with van der Waals surface area (Å²) in [6.07, 6.45) is 2.04. The Bertz CT molecular complexity index is 451. The van der Waals surface area contributed by atoms with Crippen LogP contribution in [0, 0.1) is 17.8 Å². The van der Waals surface area contributed by atoms with Gasteiger partial charge in [-0.05, 0) is 31.1 Å². The Kier molecular flexibility index (Phi) is 4.66. The van der Waals surface area contributed by atoms with E-state index in [1.165, 1.54) is 4.90 Å². The van der Waals surface area contributed by atoms with Gasteiger partial charge in [-0.15, -0.1) is 0 Å². The number of amides is 3. The molecule has 0 aromatic carbocycles. The fraction of sp³-hybridized carbons (Fsp3) is 0.800. The van der Waals surface area contributed by atoms with Crippen LogP contribution in [0.25, 0.3) is 0 Å². The molecule has 0 aromatic heterocycles. The summed E-state index contributed by atoms with van der Waals surface area (Å²) in [7, 11) is 0. The first-order valence-electron chi connectivity index (χ1n) is 7.74. The molecule has 0 bridgehead atoms. The minimum Gasteiger partial charge on any atom is -0.327 e. The molecular weight excluding hydrogens is 270 g/mol. The highest BCUT2D eigenvalue weighted by Crippen LogP contribution is 2.34. The van der Waals surface area contributed by atoms with Gasteiger partial charge in [-0.25, -0.2) is 0 Å². The van der Waals surface area contributed by atoms with Crippen molar-refractivity contribution in [1.82, 2.24) is 10.2 Å². The average Bonchev–Trinajstić information content (AvgIpc) is 2.41. The van der Waals surface area contributed by atoms with Gasteiger partial charge in [0.15, 0.2) is 0 Å². The maximum atomic E-state index is 12.8. The molecule has 2 aliphatic rings. The second-order valence-corrected chi connectivity index (χ2v) is 6.50. The Hall–Kier alpha value is -1.43. The van der Waals surface area contributed by atoms with Gasteiger partial charge < -0.3 is 10.6 Å². The van der Waals surface area contributed by atoms with Crippen LogP contribution < -0.4 is 11.1 Å². The Morgan fingerprint density at radius 1 is 1.29 bits per heavy atom. The van der Waals surface area contributed by atoms with Crippen molar-refractivity contribution in [3.05, 3.63) is 0 Å². The summed E-state index contributed by atoms with van der Waals surface area (Å²) in [6.45, 7) is 5.97. The number of carbonyl (C=O) groups excluding carboxylic acids is 3. The highest BCUT2D eigenvalue weighted by Gasteiger charge is 2.42. The van der Waals surface area contributed by atoms with Crippen LogP contribution in [0.3, 0.4) is 0 Å². The maximum Gasteiger partial charge on any atom is 0.249 e. The first-order chi connectivity index (χ1) is 9.85. The predicted molar refractivity (Wildman–Crippen MR) is 78.0 cm³/mol. The van der Waals surface area contributed by atoms with E-state index in [0.717, 1.165) is 6.42 Å². The molecule has 6 heteroatoms. The van der Waals surface area contributed by atoms with E-state index in [1.54, 1.807) is 0 Å². The Balaban J connectivity index is 2.17. The predicted octanol–water partition coefficient (Wildman–Crippen LogP) is 0.260. The fourth-order valence-electron chi connectivity index (χ4n) is 3.54. The normalized spacial score (nSPS) is 37.3. The molecule has 1 saturated heterocycles. The molecule has 1 heterocycles. The number of nitrogens with one attached hydrogen (secondary N) is 1. The lowest BCUT2D eigenvalue weighted by Gasteiger charge is -2.41. The van der Waals surface area contributed by atoms with Gasteiger partial charge in [0.05, 0.1) is 0 Å². The second kappa shape index (κ2) is 6.13. The van der Waals surface area contributed by atoms with Gasteiger partial charge >= 0.3 is 0 Å². The number of nitrogens with zero attached hydrogens (tertiary/aromatic N) is 1. The van der Waals surface area contributed by atoms with Crippen LogP contribution in [0.5, 0.6) is 0 Å². The number of carbonyl (C=O) groups is 3. The zero-order valence-electron chi connectivity index (χ0n) is 13.0. The van der Waals surface area contributed by atoms with Crippen LogP contribution >= 0.6 is 0 Å². The quantitative estimate of drug-likeness (QED) is 0.715. The van der Waals surface area contributed by atoms with Crippen molar-refractivity contribution in [3.63, 3.8) is 0 Å². The Labute approximate surface area is 125 Å². The van der Waals surface area contributed by atoms with Gasteiger partial charge in [0.1, 0.15) is 12.6 Å². The molecule has 1 aliphatic heterocycles. The van der Waals surface area contributed by atoms with Crippen LogP contribution in [0.15, 0.2) is 0 Å². The molecule has 2 fully saturated rings. The van der Waals surface area contributed by atoms with Gasteiger partial charge in [-0.2, -0.15) is 0 Å². The van der Waals surface area contributed by atoms with Crippen LogP contribution in [-0.4, -0.2) is 41.2 Å². The van der Waals surface area contributed by atoms with Gasteiger partial charge in [0.25, 0.3) is 0 Å². The van der Waals surface area contributed by atoms with E-state index < -0.39 is 11.9 Å². The standard InChI is InChI=1S/C15H25N3O3/c1-4-12-14(20)17-13(19)7-18(12)15(21)10-6-11(16)9(3)5-8(10)2/h8-12H,4-7,16H2,1-3H3,(H,17,19,20). The molecule has 0 aromatic rings. The fourth-order valence-corrected chi connectivity index (χ4v) is 3.54. The minimum atomic E-state index is -0.544. The van der Waals surface area contributed by atoms with Crippen LogP contribution in [0.1, 0.15) is 40.0 Å². The molecule has 5 atom stereocenters. The number of hydrogen-bond acceptors (Lipinski definition) is 4. The van der Waals surface area contributed by atoms with E-state index in [0.29, 0.717) is 18.8 Å². The average molecular weight is 295 g/mol.